The second-order valence-corrected chi connectivity index (χ2v) is 25.3. The number of thiazole rings is 1. The van der Waals surface area contributed by atoms with E-state index in [1.54, 1.807) is 11.2 Å². The number of ether oxygens (including phenoxy) is 1. The molecule has 6 rings (SSSR count). The summed E-state index contributed by atoms with van der Waals surface area (Å²) in [4.78, 5) is 52.7. The SMILES string of the molecule is C=CCOC(=O)C(N1C(=O)C(C(C)O[Si](C)(C)C(C)(C)C)C1C(C)C(=O)c1cn2cnc(SC)c2s1)=P(c1ccccc1)(c1ccccc1)c1ccccc1. The van der Waals surface area contributed by atoms with E-state index in [1.165, 1.54) is 29.2 Å². The number of amides is 1. The normalized spacial score (nSPS) is 17.4. The lowest BCUT2D eigenvalue weighted by Gasteiger charge is -2.54. The van der Waals surface area contributed by atoms with Gasteiger partial charge in [0, 0.05) is 19.0 Å². The van der Waals surface area contributed by atoms with Crippen LogP contribution in [-0.2, 0) is 18.8 Å². The summed E-state index contributed by atoms with van der Waals surface area (Å²) in [6.07, 6.45) is 6.50. The monoisotopic (exact) mass is 811 g/mol. The quantitative estimate of drug-likeness (QED) is 0.0214. The van der Waals surface area contributed by atoms with Crippen molar-refractivity contribution in [2.45, 2.75) is 69.9 Å². The highest BCUT2D eigenvalue weighted by atomic mass is 32.2. The summed E-state index contributed by atoms with van der Waals surface area (Å²) in [6, 6.07) is 29.0. The van der Waals surface area contributed by atoms with E-state index in [-0.39, 0.29) is 28.8 Å². The van der Waals surface area contributed by atoms with Crippen molar-refractivity contribution in [2.75, 3.05) is 12.9 Å². The number of hydrogen-bond donors (Lipinski definition) is 0. The minimum atomic E-state index is -3.19. The molecule has 55 heavy (non-hydrogen) atoms. The predicted molar refractivity (Wildman–Crippen MR) is 232 cm³/mol. The maximum Gasteiger partial charge on any atom is 0.356 e. The van der Waals surface area contributed by atoms with E-state index in [0.717, 1.165) is 25.8 Å². The van der Waals surface area contributed by atoms with Crippen LogP contribution in [0.5, 0.6) is 0 Å². The molecule has 0 aliphatic carbocycles. The van der Waals surface area contributed by atoms with Gasteiger partial charge in [-0.2, -0.15) is 0 Å². The lowest BCUT2D eigenvalue weighted by molar-refractivity contribution is -0.158. The van der Waals surface area contributed by atoms with E-state index >= 15 is 9.59 Å². The molecule has 2 aromatic heterocycles. The number of aromatic nitrogens is 2. The number of carbonyl (C=O) groups excluding carboxylic acids is 3. The van der Waals surface area contributed by atoms with Crippen LogP contribution < -0.4 is 15.9 Å². The van der Waals surface area contributed by atoms with Crippen LogP contribution in [0.15, 0.2) is 121 Å². The van der Waals surface area contributed by atoms with E-state index in [9.17, 15) is 4.79 Å². The molecule has 1 amide bonds. The molecule has 0 saturated carbocycles. The van der Waals surface area contributed by atoms with Gasteiger partial charge >= 0.3 is 5.97 Å². The molecule has 1 aliphatic rings. The molecule has 3 aromatic carbocycles. The topological polar surface area (TPSA) is 90.2 Å². The average molecular weight is 812 g/mol. The van der Waals surface area contributed by atoms with Crippen molar-refractivity contribution in [2.24, 2.45) is 11.8 Å². The Kier molecular flexibility index (Phi) is 12.0. The highest BCUT2D eigenvalue weighted by Crippen LogP contribution is 2.51. The highest BCUT2D eigenvalue weighted by molar-refractivity contribution is 7.98. The van der Waals surface area contributed by atoms with Gasteiger partial charge in [-0.1, -0.05) is 131 Å². The van der Waals surface area contributed by atoms with Gasteiger partial charge in [-0.25, -0.2) is 9.78 Å². The first-order valence-electron chi connectivity index (χ1n) is 18.5. The number of nitrogens with zero attached hydrogens (tertiary/aromatic N) is 3. The maximum atomic E-state index is 15.3. The fourth-order valence-electron chi connectivity index (χ4n) is 7.28. The van der Waals surface area contributed by atoms with Crippen LogP contribution in [-0.4, -0.2) is 70.7 Å². The molecule has 12 heteroatoms. The summed E-state index contributed by atoms with van der Waals surface area (Å²) in [5.74, 6) is -2.42. The van der Waals surface area contributed by atoms with E-state index < -0.39 is 45.2 Å². The van der Waals surface area contributed by atoms with Crippen molar-refractivity contribution >= 4 is 82.1 Å². The zero-order chi connectivity index (χ0) is 39.7. The minimum absolute atomic E-state index is 0.0516. The Balaban J connectivity index is 1.66. The van der Waals surface area contributed by atoms with Crippen LogP contribution in [0.25, 0.3) is 4.83 Å². The smallest absolute Gasteiger partial charge is 0.356 e. The molecule has 1 saturated heterocycles. The lowest BCUT2D eigenvalue weighted by atomic mass is 9.75. The average Bonchev–Trinajstić information content (AvgIpc) is 3.77. The summed E-state index contributed by atoms with van der Waals surface area (Å²) in [5, 5.41) is 3.36. The first-order valence-corrected chi connectivity index (χ1v) is 25.2. The van der Waals surface area contributed by atoms with Gasteiger partial charge in [0.2, 0.25) is 5.91 Å². The van der Waals surface area contributed by atoms with Crippen molar-refractivity contribution in [3.8, 4) is 0 Å². The third kappa shape index (κ3) is 7.38. The van der Waals surface area contributed by atoms with E-state index in [0.29, 0.717) is 4.88 Å². The van der Waals surface area contributed by atoms with Crippen LogP contribution in [0.4, 0.5) is 0 Å². The fourth-order valence-corrected chi connectivity index (χ4v) is 14.9. The molecule has 4 atom stereocenters. The minimum Gasteiger partial charge on any atom is -0.457 e. The number of likely N-dealkylation sites (tertiary alicyclic amines) is 1. The third-order valence-electron chi connectivity index (χ3n) is 11.0. The second kappa shape index (κ2) is 16.2. The largest absolute Gasteiger partial charge is 0.457 e. The summed E-state index contributed by atoms with van der Waals surface area (Å²) in [6.45, 7) is 15.2. The highest BCUT2D eigenvalue weighted by Gasteiger charge is 2.59. The molecule has 8 nitrogen and oxygen atoms in total. The van der Waals surface area contributed by atoms with Crippen LogP contribution in [0.2, 0.25) is 18.1 Å². The molecule has 0 radical (unpaired) electrons. The second-order valence-electron chi connectivity index (χ2n) is 15.4. The number of fused-ring (bicyclic) bond motifs is 1. The third-order valence-corrected chi connectivity index (χ3v) is 21.8. The fraction of sp³-hybridized carbons (Fsp3) is 0.326. The molecule has 1 fully saturated rings. The molecule has 0 bridgehead atoms. The predicted octanol–water partition coefficient (Wildman–Crippen LogP) is 8.03. The van der Waals surface area contributed by atoms with Gasteiger partial charge < -0.3 is 14.1 Å². The number of benzene rings is 3. The summed E-state index contributed by atoms with van der Waals surface area (Å²) in [5.41, 5.74) is 0.233. The van der Waals surface area contributed by atoms with Gasteiger partial charge in [0.05, 0.1) is 22.9 Å². The Morgan fingerprint density at radius 1 is 0.964 bits per heavy atom. The molecule has 288 valence electrons. The number of carbonyl (C=O) groups is 3. The van der Waals surface area contributed by atoms with Gasteiger partial charge in [-0.05, 0) is 47.2 Å². The van der Waals surface area contributed by atoms with Gasteiger partial charge in [0.25, 0.3) is 0 Å². The van der Waals surface area contributed by atoms with E-state index in [2.05, 4.69) is 45.4 Å². The molecule has 3 heterocycles. The van der Waals surface area contributed by atoms with Crippen LogP contribution >= 0.6 is 30.0 Å². The zero-order valence-electron chi connectivity index (χ0n) is 32.8. The van der Waals surface area contributed by atoms with E-state index in [4.69, 9.17) is 9.16 Å². The molecule has 5 aromatic rings. The van der Waals surface area contributed by atoms with Crippen molar-refractivity contribution in [3.63, 3.8) is 0 Å². The number of β-lactam (4-membered cyclic amide) rings is 1. The Hall–Kier alpha value is -3.99. The maximum absolute atomic E-state index is 15.3. The van der Waals surface area contributed by atoms with Gasteiger partial charge in [-0.3, -0.25) is 14.0 Å². The number of hydrogen-bond acceptors (Lipinski definition) is 8. The van der Waals surface area contributed by atoms with Crippen molar-refractivity contribution in [1.29, 1.82) is 0 Å². The zero-order valence-corrected chi connectivity index (χ0v) is 36.3. The molecular formula is C43H50N3O5PS2Si. The van der Waals surface area contributed by atoms with Gasteiger partial charge in [-0.15, -0.1) is 23.1 Å². The number of thioether (sulfide) groups is 1. The number of rotatable bonds is 14. The van der Waals surface area contributed by atoms with Crippen LogP contribution in [0.3, 0.4) is 0 Å². The summed E-state index contributed by atoms with van der Waals surface area (Å²) < 4.78 is 14.8. The van der Waals surface area contributed by atoms with E-state index in [1.807, 2.05) is 122 Å². The molecule has 4 unspecified atom stereocenters. The number of ketones is 1. The van der Waals surface area contributed by atoms with Crippen molar-refractivity contribution in [3.05, 3.63) is 121 Å². The summed E-state index contributed by atoms with van der Waals surface area (Å²) in [7, 11) is -2.37. The Morgan fingerprint density at radius 2 is 1.49 bits per heavy atom. The Labute approximate surface area is 334 Å². The van der Waals surface area contributed by atoms with Crippen molar-refractivity contribution < 1.29 is 23.5 Å². The van der Waals surface area contributed by atoms with Gasteiger partial charge in [0.15, 0.2) is 14.1 Å². The van der Waals surface area contributed by atoms with Crippen molar-refractivity contribution in [1.82, 2.24) is 14.3 Å². The molecule has 0 N–H and O–H groups in total. The molecule has 1 aliphatic heterocycles. The first kappa shape index (κ1) is 40.7. The number of imidazole rings is 1. The molecule has 0 spiro atoms. The first-order chi connectivity index (χ1) is 26.2. The van der Waals surface area contributed by atoms with Crippen LogP contribution in [0, 0.1) is 11.8 Å². The Morgan fingerprint density at radius 3 is 1.96 bits per heavy atom. The standard InChI is InChI=1S/C43H50N3O5PS2Si/c1-10-26-50-42(49)40(52(31-20-14-11-15-21-31,32-22-16-12-17-23-32)33-24-18-13-19-25-33)46-36(35(39(46)48)30(3)51-55(8,9)43(4,5)6)29(2)37(47)34-27-45-28-44-38(53-7)41(45)54-34/h10-25,27-30,35-36H,1,26H2,2-9H3. The van der Waals surface area contributed by atoms with Crippen LogP contribution in [0.1, 0.15) is 44.3 Å². The van der Waals surface area contributed by atoms with Gasteiger partial charge in [0.1, 0.15) is 28.2 Å². The molecular weight excluding hydrogens is 762 g/mol. The Bertz CT molecular complexity index is 2150. The number of Topliss-reactive ketones (excluding diaryl/α,β-unsaturated/α-hetero) is 1. The lowest BCUT2D eigenvalue weighted by Crippen LogP contribution is -2.71. The number of esters is 1. The summed E-state index contributed by atoms with van der Waals surface area (Å²) >= 11 is 2.92.